The van der Waals surface area contributed by atoms with Crippen molar-refractivity contribution in [2.75, 3.05) is 5.01 Å². The second-order valence-electron chi connectivity index (χ2n) is 8.85. The molecule has 0 aliphatic carbocycles. The van der Waals surface area contributed by atoms with Crippen molar-refractivity contribution in [3.05, 3.63) is 164 Å². The molecule has 0 fully saturated rings. The SMILES string of the molecule is O=[N+]([O-])c1ccc(N2N=C(c3ccccc3)SC2=C2C=C(c3ccc(F)cc3)OC(c3ccc(F)cc3)=C2)cc1. The average molecular weight is 552 g/mol. The minimum atomic E-state index is -0.450. The van der Waals surface area contributed by atoms with Gasteiger partial charge in [0.1, 0.15) is 33.2 Å². The van der Waals surface area contributed by atoms with E-state index in [-0.39, 0.29) is 17.3 Å². The van der Waals surface area contributed by atoms with Crippen LogP contribution in [0.4, 0.5) is 20.2 Å². The third-order valence-electron chi connectivity index (χ3n) is 6.20. The van der Waals surface area contributed by atoms with Crippen LogP contribution in [-0.2, 0) is 4.74 Å². The summed E-state index contributed by atoms with van der Waals surface area (Å²) in [7, 11) is 0. The summed E-state index contributed by atoms with van der Waals surface area (Å²) in [5.74, 6) is 0.206. The first kappa shape index (κ1) is 25.3. The van der Waals surface area contributed by atoms with E-state index in [1.165, 1.54) is 48.2 Å². The Morgan fingerprint density at radius 2 is 1.27 bits per heavy atom. The summed E-state index contributed by atoms with van der Waals surface area (Å²) >= 11 is 1.44. The number of anilines is 1. The van der Waals surface area contributed by atoms with E-state index in [2.05, 4.69) is 0 Å². The van der Waals surface area contributed by atoms with E-state index < -0.39 is 4.92 Å². The fourth-order valence-electron chi connectivity index (χ4n) is 4.20. The van der Waals surface area contributed by atoms with Gasteiger partial charge in [-0.15, -0.1) is 0 Å². The van der Waals surface area contributed by atoms with Gasteiger partial charge in [-0.05, 0) is 84.6 Å². The normalized spacial score (nSPS) is 14.8. The number of nitrogens with zero attached hydrogens (tertiary/aromatic N) is 3. The smallest absolute Gasteiger partial charge is 0.269 e. The van der Waals surface area contributed by atoms with Crippen molar-refractivity contribution >= 4 is 39.7 Å². The van der Waals surface area contributed by atoms with Crippen molar-refractivity contribution < 1.29 is 18.4 Å². The van der Waals surface area contributed by atoms with Crippen molar-refractivity contribution in [1.29, 1.82) is 0 Å². The lowest BCUT2D eigenvalue weighted by atomic mass is 10.0. The molecule has 0 bridgehead atoms. The van der Waals surface area contributed by atoms with Gasteiger partial charge < -0.3 is 4.74 Å². The van der Waals surface area contributed by atoms with E-state index in [0.717, 1.165) is 21.2 Å². The molecule has 0 N–H and O–H groups in total. The molecule has 6 nitrogen and oxygen atoms in total. The number of nitro benzene ring substituents is 1. The van der Waals surface area contributed by atoms with Crippen LogP contribution in [0.5, 0.6) is 0 Å². The summed E-state index contributed by atoms with van der Waals surface area (Å²) in [6.07, 6.45) is 3.68. The zero-order chi connectivity index (χ0) is 27.6. The summed E-state index contributed by atoms with van der Waals surface area (Å²) in [4.78, 5) is 10.8. The maximum Gasteiger partial charge on any atom is 0.269 e. The number of rotatable bonds is 5. The second kappa shape index (κ2) is 10.6. The average Bonchev–Trinajstić information content (AvgIpc) is 3.44. The molecule has 4 aromatic carbocycles. The molecule has 0 aromatic heterocycles. The fourth-order valence-corrected chi connectivity index (χ4v) is 5.23. The molecule has 4 aromatic rings. The molecule has 0 amide bonds. The Morgan fingerprint density at radius 1 is 0.725 bits per heavy atom. The van der Waals surface area contributed by atoms with Gasteiger partial charge in [0.25, 0.3) is 5.69 Å². The molecule has 6 rings (SSSR count). The van der Waals surface area contributed by atoms with Crippen molar-refractivity contribution in [2.45, 2.75) is 0 Å². The van der Waals surface area contributed by atoms with Crippen LogP contribution in [0, 0.1) is 21.7 Å². The number of ether oxygens (including phenoxy) is 1. The highest BCUT2D eigenvalue weighted by Gasteiger charge is 2.29. The topological polar surface area (TPSA) is 68.0 Å². The highest BCUT2D eigenvalue weighted by molar-refractivity contribution is 8.18. The monoisotopic (exact) mass is 551 g/mol. The Morgan fingerprint density at radius 3 is 1.80 bits per heavy atom. The summed E-state index contributed by atoms with van der Waals surface area (Å²) in [6, 6.07) is 27.7. The van der Waals surface area contributed by atoms with Gasteiger partial charge in [-0.1, -0.05) is 30.3 Å². The maximum absolute atomic E-state index is 13.7. The minimum absolute atomic E-state index is 0.0277. The number of allylic oxidation sites excluding steroid dienone is 3. The molecular formula is C31H19F2N3O3S. The van der Waals surface area contributed by atoms with Crippen molar-refractivity contribution in [1.82, 2.24) is 0 Å². The Labute approximate surface area is 232 Å². The van der Waals surface area contributed by atoms with Crippen LogP contribution in [0.15, 0.2) is 131 Å². The van der Waals surface area contributed by atoms with E-state index in [4.69, 9.17) is 9.84 Å². The Kier molecular flexibility index (Phi) is 6.71. The van der Waals surface area contributed by atoms with Gasteiger partial charge in [0.2, 0.25) is 0 Å². The van der Waals surface area contributed by atoms with Gasteiger partial charge in [0.15, 0.2) is 0 Å². The molecule has 0 spiro atoms. The third kappa shape index (κ3) is 5.14. The van der Waals surface area contributed by atoms with Crippen molar-refractivity contribution in [2.24, 2.45) is 5.10 Å². The second-order valence-corrected chi connectivity index (χ2v) is 9.83. The van der Waals surface area contributed by atoms with Crippen LogP contribution in [0.3, 0.4) is 0 Å². The largest absolute Gasteiger partial charge is 0.456 e. The lowest BCUT2D eigenvalue weighted by Crippen LogP contribution is -2.12. The fraction of sp³-hybridized carbons (Fsp3) is 0. The first-order valence-corrected chi connectivity index (χ1v) is 13.0. The molecule has 9 heteroatoms. The van der Waals surface area contributed by atoms with E-state index in [0.29, 0.717) is 28.3 Å². The molecular weight excluding hydrogens is 532 g/mol. The molecule has 0 saturated heterocycles. The predicted octanol–water partition coefficient (Wildman–Crippen LogP) is 8.11. The molecule has 0 radical (unpaired) electrons. The molecule has 40 heavy (non-hydrogen) atoms. The first-order chi connectivity index (χ1) is 19.4. The zero-order valence-corrected chi connectivity index (χ0v) is 21.5. The lowest BCUT2D eigenvalue weighted by molar-refractivity contribution is -0.384. The molecule has 2 heterocycles. The molecule has 2 aliphatic heterocycles. The van der Waals surface area contributed by atoms with Crippen LogP contribution in [-0.4, -0.2) is 9.97 Å². The molecule has 2 aliphatic rings. The van der Waals surface area contributed by atoms with Gasteiger partial charge in [-0.3, -0.25) is 10.1 Å². The molecule has 0 atom stereocenters. The quantitative estimate of drug-likeness (QED) is 0.185. The Bertz CT molecular complexity index is 1650. The number of nitro groups is 1. The van der Waals surface area contributed by atoms with Gasteiger partial charge in [-0.2, -0.15) is 5.10 Å². The number of non-ortho nitro benzene ring substituents is 1. The first-order valence-electron chi connectivity index (χ1n) is 12.2. The van der Waals surface area contributed by atoms with Crippen LogP contribution in [0.1, 0.15) is 16.7 Å². The van der Waals surface area contributed by atoms with Crippen LogP contribution in [0.25, 0.3) is 11.5 Å². The number of halogens is 2. The van der Waals surface area contributed by atoms with Crippen LogP contribution in [0.2, 0.25) is 0 Å². The van der Waals surface area contributed by atoms with Crippen LogP contribution >= 0.6 is 11.8 Å². The summed E-state index contributed by atoms with van der Waals surface area (Å²) in [5, 5.41) is 19.3. The lowest BCUT2D eigenvalue weighted by Gasteiger charge is -2.22. The van der Waals surface area contributed by atoms with Gasteiger partial charge in [-0.25, -0.2) is 13.8 Å². The molecule has 0 saturated carbocycles. The Hall–Kier alpha value is -5.02. The predicted molar refractivity (Wildman–Crippen MR) is 153 cm³/mol. The van der Waals surface area contributed by atoms with Gasteiger partial charge in [0, 0.05) is 34.4 Å². The number of thioether (sulfide) groups is 1. The van der Waals surface area contributed by atoms with E-state index >= 15 is 0 Å². The number of hydrazone groups is 1. The van der Waals surface area contributed by atoms with E-state index in [1.54, 1.807) is 41.4 Å². The highest BCUT2D eigenvalue weighted by Crippen LogP contribution is 2.43. The number of hydrogen-bond donors (Lipinski definition) is 0. The highest BCUT2D eigenvalue weighted by atomic mass is 32.2. The van der Waals surface area contributed by atoms with Crippen molar-refractivity contribution in [3.8, 4) is 0 Å². The number of benzene rings is 4. The van der Waals surface area contributed by atoms with Crippen LogP contribution < -0.4 is 5.01 Å². The zero-order valence-electron chi connectivity index (χ0n) is 20.7. The van der Waals surface area contributed by atoms with Gasteiger partial charge in [0.05, 0.1) is 10.6 Å². The molecule has 0 unspecified atom stereocenters. The minimum Gasteiger partial charge on any atom is -0.456 e. The third-order valence-corrected chi connectivity index (χ3v) is 7.31. The molecule has 196 valence electrons. The summed E-state index contributed by atoms with van der Waals surface area (Å²) < 4.78 is 33.6. The summed E-state index contributed by atoms with van der Waals surface area (Å²) in [5.41, 5.74) is 3.56. The van der Waals surface area contributed by atoms with E-state index in [9.17, 15) is 18.9 Å². The van der Waals surface area contributed by atoms with Crippen molar-refractivity contribution in [3.63, 3.8) is 0 Å². The van der Waals surface area contributed by atoms with Gasteiger partial charge >= 0.3 is 0 Å². The maximum atomic E-state index is 13.7. The van der Waals surface area contributed by atoms with E-state index in [1.807, 2.05) is 42.5 Å². The standard InChI is InChI=1S/C31H19F2N3O3S/c32-24-10-6-20(7-11-24)28-18-23(19-29(39-28)21-8-12-25(33)13-9-21)31-35(26-14-16-27(17-15-26)36(37)38)34-30(40-31)22-4-2-1-3-5-22/h1-19H. The Balaban J connectivity index is 1.51. The summed E-state index contributed by atoms with van der Waals surface area (Å²) in [6.45, 7) is 0. The number of hydrogen-bond acceptors (Lipinski definition) is 6.